The second-order valence-electron chi connectivity index (χ2n) is 9.05. The summed E-state index contributed by atoms with van der Waals surface area (Å²) in [6.07, 6.45) is 1.44. The van der Waals surface area contributed by atoms with Gasteiger partial charge in [-0.25, -0.2) is 9.37 Å². The lowest BCUT2D eigenvalue weighted by atomic mass is 10.2. The number of benzene rings is 4. The zero-order chi connectivity index (χ0) is 28.5. The van der Waals surface area contributed by atoms with Gasteiger partial charge in [-0.2, -0.15) is 9.78 Å². The first kappa shape index (κ1) is 26.7. The van der Waals surface area contributed by atoms with Crippen molar-refractivity contribution in [1.82, 2.24) is 9.66 Å². The third-order valence-corrected chi connectivity index (χ3v) is 7.02. The molecule has 0 bridgehead atoms. The van der Waals surface area contributed by atoms with E-state index in [1.165, 1.54) is 30.1 Å². The Morgan fingerprint density at radius 3 is 2.76 bits per heavy atom. The van der Waals surface area contributed by atoms with E-state index < -0.39 is 0 Å². The molecular formula is C31H20BrClFN3O4. The van der Waals surface area contributed by atoms with Crippen molar-refractivity contribution in [3.8, 4) is 23.1 Å². The first-order valence-electron chi connectivity index (χ1n) is 12.4. The summed E-state index contributed by atoms with van der Waals surface area (Å²) in [6.45, 7) is 0.0634. The Morgan fingerprint density at radius 1 is 1.07 bits per heavy atom. The van der Waals surface area contributed by atoms with E-state index in [-0.39, 0.29) is 23.8 Å². The Bertz CT molecular complexity index is 2020. The Hall–Kier alpha value is -4.47. The van der Waals surface area contributed by atoms with Gasteiger partial charge in [-0.05, 0) is 60.2 Å². The number of nitrogens with zero attached hydrogens (tertiary/aromatic N) is 3. The molecule has 0 aliphatic heterocycles. The maximum Gasteiger partial charge on any atom is 0.282 e. The summed E-state index contributed by atoms with van der Waals surface area (Å²) in [4.78, 5) is 18.4. The van der Waals surface area contributed by atoms with Crippen LogP contribution in [0.15, 0.2) is 104 Å². The van der Waals surface area contributed by atoms with Gasteiger partial charge in [0.15, 0.2) is 17.3 Å². The number of hydrogen-bond acceptors (Lipinski definition) is 6. The summed E-state index contributed by atoms with van der Waals surface area (Å²) in [5.74, 6) is 0.881. The van der Waals surface area contributed by atoms with Gasteiger partial charge in [-0.15, -0.1) is 0 Å². The average Bonchev–Trinajstić information content (AvgIpc) is 3.39. The second kappa shape index (κ2) is 11.2. The lowest BCUT2D eigenvalue weighted by Gasteiger charge is -2.14. The molecule has 6 aromatic rings. The second-order valence-corrected chi connectivity index (χ2v) is 10.4. The standard InChI is InChI=1S/C31H20BrClFN3O4/c1-39-27-15-22(33)13-20(29(27)40-17-18-5-4-6-23(34)11-18)16-35-37-30(36-25-8-3-2-7-24(25)31(37)38)28-14-19-12-21(32)9-10-26(19)41-28/h2-16H,17H2,1H3. The van der Waals surface area contributed by atoms with Gasteiger partial charge < -0.3 is 13.9 Å². The van der Waals surface area contributed by atoms with E-state index in [1.807, 2.05) is 24.3 Å². The van der Waals surface area contributed by atoms with Crippen LogP contribution in [0, 0.1) is 5.82 Å². The molecule has 2 aromatic heterocycles. The normalized spacial score (nSPS) is 11.5. The van der Waals surface area contributed by atoms with Crippen molar-refractivity contribution in [2.75, 3.05) is 7.11 Å². The number of hydrogen-bond donors (Lipinski definition) is 0. The highest BCUT2D eigenvalue weighted by Gasteiger charge is 2.18. The van der Waals surface area contributed by atoms with Crippen LogP contribution in [-0.4, -0.2) is 23.0 Å². The van der Waals surface area contributed by atoms with E-state index in [0.717, 1.165) is 9.86 Å². The topological polar surface area (TPSA) is 78.9 Å². The van der Waals surface area contributed by atoms with Crippen LogP contribution in [0.1, 0.15) is 11.1 Å². The van der Waals surface area contributed by atoms with E-state index in [4.69, 9.17) is 30.5 Å². The van der Waals surface area contributed by atoms with E-state index in [0.29, 0.717) is 49.9 Å². The Labute approximate surface area is 246 Å². The maximum absolute atomic E-state index is 13.7. The number of ether oxygens (including phenoxy) is 2. The summed E-state index contributed by atoms with van der Waals surface area (Å²) in [5, 5.41) is 6.12. The van der Waals surface area contributed by atoms with Crippen LogP contribution in [0.2, 0.25) is 5.02 Å². The number of para-hydroxylation sites is 1. The molecule has 10 heteroatoms. The molecule has 204 valence electrons. The van der Waals surface area contributed by atoms with Gasteiger partial charge in [-0.3, -0.25) is 4.79 Å². The van der Waals surface area contributed by atoms with E-state index in [1.54, 1.807) is 48.5 Å². The summed E-state index contributed by atoms with van der Waals surface area (Å²) in [7, 11) is 1.48. The molecule has 0 amide bonds. The van der Waals surface area contributed by atoms with Crippen LogP contribution in [-0.2, 0) is 6.61 Å². The molecule has 0 radical (unpaired) electrons. The number of rotatable bonds is 7. The van der Waals surface area contributed by atoms with Crippen LogP contribution < -0.4 is 15.0 Å². The van der Waals surface area contributed by atoms with Gasteiger partial charge in [0, 0.05) is 26.5 Å². The zero-order valence-corrected chi connectivity index (χ0v) is 23.8. The minimum absolute atomic E-state index is 0.0634. The van der Waals surface area contributed by atoms with Gasteiger partial charge in [0.2, 0.25) is 5.82 Å². The molecule has 7 nitrogen and oxygen atoms in total. The molecule has 0 fully saturated rings. The Balaban J connectivity index is 1.48. The number of fused-ring (bicyclic) bond motifs is 2. The fraction of sp³-hybridized carbons (Fsp3) is 0.0645. The molecule has 0 unspecified atom stereocenters. The molecule has 6 rings (SSSR count). The molecule has 0 aliphatic rings. The highest BCUT2D eigenvalue weighted by molar-refractivity contribution is 9.10. The molecule has 2 heterocycles. The average molecular weight is 633 g/mol. The summed E-state index contributed by atoms with van der Waals surface area (Å²) >= 11 is 9.84. The highest BCUT2D eigenvalue weighted by atomic mass is 79.9. The maximum atomic E-state index is 13.7. The predicted octanol–water partition coefficient (Wildman–Crippen LogP) is 7.83. The largest absolute Gasteiger partial charge is 0.493 e. The Morgan fingerprint density at radius 2 is 1.93 bits per heavy atom. The van der Waals surface area contributed by atoms with Gasteiger partial charge >= 0.3 is 0 Å². The zero-order valence-electron chi connectivity index (χ0n) is 21.5. The molecule has 0 saturated heterocycles. The van der Waals surface area contributed by atoms with Gasteiger partial charge in [0.1, 0.15) is 18.0 Å². The molecular weight excluding hydrogens is 613 g/mol. The van der Waals surface area contributed by atoms with Crippen molar-refractivity contribution in [2.24, 2.45) is 5.10 Å². The highest BCUT2D eigenvalue weighted by Crippen LogP contribution is 2.35. The first-order chi connectivity index (χ1) is 19.9. The summed E-state index contributed by atoms with van der Waals surface area (Å²) in [5.41, 5.74) is 1.81. The molecule has 4 aromatic carbocycles. The fourth-order valence-electron chi connectivity index (χ4n) is 4.41. The van der Waals surface area contributed by atoms with E-state index in [2.05, 4.69) is 21.0 Å². The van der Waals surface area contributed by atoms with Crippen LogP contribution in [0.5, 0.6) is 11.5 Å². The number of furan rings is 1. The minimum atomic E-state index is -0.389. The minimum Gasteiger partial charge on any atom is -0.493 e. The molecule has 41 heavy (non-hydrogen) atoms. The third kappa shape index (κ3) is 5.46. The summed E-state index contributed by atoms with van der Waals surface area (Å²) in [6, 6.07) is 23.8. The third-order valence-electron chi connectivity index (χ3n) is 6.31. The van der Waals surface area contributed by atoms with Gasteiger partial charge in [0.25, 0.3) is 5.56 Å². The molecule has 0 saturated carbocycles. The van der Waals surface area contributed by atoms with E-state index >= 15 is 0 Å². The van der Waals surface area contributed by atoms with Crippen molar-refractivity contribution in [3.63, 3.8) is 0 Å². The monoisotopic (exact) mass is 631 g/mol. The molecule has 0 N–H and O–H groups in total. The molecule has 0 atom stereocenters. The van der Waals surface area contributed by atoms with Crippen molar-refractivity contribution in [3.05, 3.63) is 122 Å². The quantitative estimate of drug-likeness (QED) is 0.168. The van der Waals surface area contributed by atoms with Gasteiger partial charge in [-0.1, -0.05) is 51.8 Å². The van der Waals surface area contributed by atoms with Gasteiger partial charge in [0.05, 0.1) is 24.2 Å². The van der Waals surface area contributed by atoms with E-state index in [9.17, 15) is 9.18 Å². The van der Waals surface area contributed by atoms with Crippen LogP contribution >= 0.6 is 27.5 Å². The molecule has 0 spiro atoms. The SMILES string of the molecule is COc1cc(Cl)cc(C=Nn2c(-c3cc4cc(Br)ccc4o3)nc3ccccc3c2=O)c1OCc1cccc(F)c1. The first-order valence-corrected chi connectivity index (χ1v) is 13.6. The number of methoxy groups -OCH3 is 1. The lowest BCUT2D eigenvalue weighted by Crippen LogP contribution is -2.20. The smallest absolute Gasteiger partial charge is 0.282 e. The van der Waals surface area contributed by atoms with Crippen molar-refractivity contribution >= 4 is 55.6 Å². The lowest BCUT2D eigenvalue weighted by molar-refractivity contribution is 0.283. The van der Waals surface area contributed by atoms with Crippen LogP contribution in [0.4, 0.5) is 4.39 Å². The fourth-order valence-corrected chi connectivity index (χ4v) is 5.00. The Kier molecular flexibility index (Phi) is 7.30. The van der Waals surface area contributed by atoms with Crippen molar-refractivity contribution < 1.29 is 18.3 Å². The summed E-state index contributed by atoms with van der Waals surface area (Å²) < 4.78 is 33.4. The van der Waals surface area contributed by atoms with Crippen LogP contribution in [0.3, 0.4) is 0 Å². The molecule has 0 aliphatic carbocycles. The van der Waals surface area contributed by atoms with Crippen molar-refractivity contribution in [2.45, 2.75) is 6.61 Å². The number of halogens is 3. The van der Waals surface area contributed by atoms with Crippen molar-refractivity contribution in [1.29, 1.82) is 0 Å². The predicted molar refractivity (Wildman–Crippen MR) is 161 cm³/mol. The van der Waals surface area contributed by atoms with Crippen LogP contribution in [0.25, 0.3) is 33.5 Å². The number of aromatic nitrogens is 2.